The molecule has 0 spiro atoms. The molecular weight excluding hydrogens is 288 g/mol. The van der Waals surface area contributed by atoms with Crippen molar-refractivity contribution in [2.75, 3.05) is 13.2 Å². The highest BCUT2D eigenvalue weighted by Gasteiger charge is 2.31. The lowest BCUT2D eigenvalue weighted by Crippen LogP contribution is -2.47. The van der Waals surface area contributed by atoms with Crippen molar-refractivity contribution in [1.29, 1.82) is 0 Å². The van der Waals surface area contributed by atoms with E-state index in [0.29, 0.717) is 19.6 Å². The molecule has 2 heterocycles. The molecule has 120 valence electrons. The Bertz CT molecular complexity index is 672. The average molecular weight is 310 g/mol. The van der Waals surface area contributed by atoms with Gasteiger partial charge in [0.1, 0.15) is 0 Å². The van der Waals surface area contributed by atoms with E-state index >= 15 is 0 Å². The molecule has 1 aromatic carbocycles. The summed E-state index contributed by atoms with van der Waals surface area (Å²) in [6, 6.07) is 12.0. The fourth-order valence-corrected chi connectivity index (χ4v) is 2.99. The predicted molar refractivity (Wildman–Crippen MR) is 89.0 cm³/mol. The molecule has 1 aliphatic rings. The van der Waals surface area contributed by atoms with Gasteiger partial charge in [-0.2, -0.15) is 0 Å². The zero-order chi connectivity index (χ0) is 16.2. The van der Waals surface area contributed by atoms with E-state index in [2.05, 4.69) is 17.1 Å². The lowest BCUT2D eigenvalue weighted by molar-refractivity contribution is -0.144. The molecule has 0 saturated carbocycles. The molecule has 1 aromatic heterocycles. The SMILES string of the molecule is Cc1cnccc1CC(=O)N1C[C@@H](C)OC[C@@H]1c1ccccc1. The minimum Gasteiger partial charge on any atom is -0.374 e. The summed E-state index contributed by atoms with van der Waals surface area (Å²) in [6.07, 6.45) is 4.02. The van der Waals surface area contributed by atoms with Crippen LogP contribution in [-0.2, 0) is 16.0 Å². The molecule has 0 bridgehead atoms. The maximum absolute atomic E-state index is 12.9. The van der Waals surface area contributed by atoms with Gasteiger partial charge in [0.15, 0.2) is 0 Å². The first kappa shape index (κ1) is 15.7. The number of morpholine rings is 1. The topological polar surface area (TPSA) is 42.4 Å². The summed E-state index contributed by atoms with van der Waals surface area (Å²) in [5.41, 5.74) is 3.22. The summed E-state index contributed by atoms with van der Waals surface area (Å²) in [4.78, 5) is 19.0. The summed E-state index contributed by atoms with van der Waals surface area (Å²) in [5, 5.41) is 0. The van der Waals surface area contributed by atoms with Crippen LogP contribution in [0.4, 0.5) is 0 Å². The molecule has 1 saturated heterocycles. The third kappa shape index (κ3) is 3.59. The first-order valence-corrected chi connectivity index (χ1v) is 8.00. The zero-order valence-electron chi connectivity index (χ0n) is 13.6. The Morgan fingerprint density at radius 2 is 2.09 bits per heavy atom. The van der Waals surface area contributed by atoms with E-state index in [1.165, 1.54) is 0 Å². The number of nitrogens with zero attached hydrogens (tertiary/aromatic N) is 2. The Hall–Kier alpha value is -2.20. The van der Waals surface area contributed by atoms with Gasteiger partial charge >= 0.3 is 0 Å². The van der Waals surface area contributed by atoms with Crippen LogP contribution in [0.3, 0.4) is 0 Å². The van der Waals surface area contributed by atoms with Crippen LogP contribution >= 0.6 is 0 Å². The van der Waals surface area contributed by atoms with Gasteiger partial charge in [-0.3, -0.25) is 9.78 Å². The quantitative estimate of drug-likeness (QED) is 0.875. The van der Waals surface area contributed by atoms with E-state index in [-0.39, 0.29) is 18.1 Å². The summed E-state index contributed by atoms with van der Waals surface area (Å²) in [5.74, 6) is 0.142. The number of hydrogen-bond donors (Lipinski definition) is 0. The Kier molecular flexibility index (Phi) is 4.72. The first-order chi connectivity index (χ1) is 11.1. The van der Waals surface area contributed by atoms with Gasteiger partial charge in [-0.05, 0) is 36.6 Å². The second-order valence-corrected chi connectivity index (χ2v) is 6.10. The molecule has 4 heteroatoms. The first-order valence-electron chi connectivity index (χ1n) is 8.00. The van der Waals surface area contributed by atoms with Crippen molar-refractivity contribution in [3.63, 3.8) is 0 Å². The normalized spacial score (nSPS) is 21.2. The third-order valence-electron chi connectivity index (χ3n) is 4.35. The number of pyridine rings is 1. The van der Waals surface area contributed by atoms with E-state index in [4.69, 9.17) is 4.74 Å². The molecule has 1 fully saturated rings. The smallest absolute Gasteiger partial charge is 0.227 e. The number of ether oxygens (including phenoxy) is 1. The van der Waals surface area contributed by atoms with Gasteiger partial charge in [0.05, 0.1) is 25.2 Å². The maximum atomic E-state index is 12.9. The highest BCUT2D eigenvalue weighted by Crippen LogP contribution is 2.27. The second-order valence-electron chi connectivity index (χ2n) is 6.10. The molecule has 4 nitrogen and oxygen atoms in total. The van der Waals surface area contributed by atoms with Crippen LogP contribution in [0.25, 0.3) is 0 Å². The molecule has 1 aliphatic heterocycles. The number of rotatable bonds is 3. The number of carbonyl (C=O) groups excluding carboxylic acids is 1. The van der Waals surface area contributed by atoms with Gasteiger partial charge in [-0.1, -0.05) is 30.3 Å². The Balaban J connectivity index is 1.82. The lowest BCUT2D eigenvalue weighted by atomic mass is 10.0. The Labute approximate surface area is 137 Å². The van der Waals surface area contributed by atoms with Crippen LogP contribution in [0.2, 0.25) is 0 Å². The number of amides is 1. The van der Waals surface area contributed by atoms with Gasteiger partial charge in [0.25, 0.3) is 0 Å². The fraction of sp³-hybridized carbons (Fsp3) is 0.368. The van der Waals surface area contributed by atoms with Gasteiger partial charge < -0.3 is 9.64 Å². The van der Waals surface area contributed by atoms with Crippen molar-refractivity contribution in [2.24, 2.45) is 0 Å². The van der Waals surface area contributed by atoms with Crippen LogP contribution in [0.1, 0.15) is 29.7 Å². The minimum absolute atomic E-state index is 0.0120. The summed E-state index contributed by atoms with van der Waals surface area (Å²) >= 11 is 0. The average Bonchev–Trinajstić information content (AvgIpc) is 2.57. The van der Waals surface area contributed by atoms with E-state index in [1.807, 2.05) is 43.0 Å². The number of aromatic nitrogens is 1. The highest BCUT2D eigenvalue weighted by molar-refractivity contribution is 5.79. The number of hydrogen-bond acceptors (Lipinski definition) is 3. The third-order valence-corrected chi connectivity index (χ3v) is 4.35. The standard InChI is InChI=1S/C19H22N2O2/c1-14-11-20-9-8-17(14)10-19(22)21-12-15(2)23-13-18(21)16-6-4-3-5-7-16/h3-9,11,15,18H,10,12-13H2,1-2H3/t15-,18-/m1/s1. The molecule has 23 heavy (non-hydrogen) atoms. The van der Waals surface area contributed by atoms with E-state index in [1.54, 1.807) is 12.4 Å². The molecule has 0 aliphatic carbocycles. The van der Waals surface area contributed by atoms with Crippen LogP contribution in [0, 0.1) is 6.92 Å². The van der Waals surface area contributed by atoms with Crippen molar-refractivity contribution in [1.82, 2.24) is 9.88 Å². The van der Waals surface area contributed by atoms with E-state index < -0.39 is 0 Å². The van der Waals surface area contributed by atoms with Crippen molar-refractivity contribution in [2.45, 2.75) is 32.4 Å². The second kappa shape index (κ2) is 6.92. The fourth-order valence-electron chi connectivity index (χ4n) is 2.99. The van der Waals surface area contributed by atoms with Gasteiger partial charge in [-0.15, -0.1) is 0 Å². The van der Waals surface area contributed by atoms with Crippen LogP contribution in [0.5, 0.6) is 0 Å². The van der Waals surface area contributed by atoms with Crippen LogP contribution < -0.4 is 0 Å². The van der Waals surface area contributed by atoms with E-state index in [0.717, 1.165) is 16.7 Å². The molecule has 3 rings (SSSR count). The van der Waals surface area contributed by atoms with Gasteiger partial charge in [0, 0.05) is 18.9 Å². The minimum atomic E-state index is -0.0120. The van der Waals surface area contributed by atoms with Crippen molar-refractivity contribution >= 4 is 5.91 Å². The van der Waals surface area contributed by atoms with Crippen molar-refractivity contribution in [3.8, 4) is 0 Å². The highest BCUT2D eigenvalue weighted by atomic mass is 16.5. The summed E-state index contributed by atoms with van der Waals surface area (Å²) < 4.78 is 5.80. The van der Waals surface area contributed by atoms with Crippen molar-refractivity contribution in [3.05, 3.63) is 65.5 Å². The largest absolute Gasteiger partial charge is 0.374 e. The molecule has 2 aromatic rings. The number of benzene rings is 1. The monoisotopic (exact) mass is 310 g/mol. The summed E-state index contributed by atoms with van der Waals surface area (Å²) in [7, 11) is 0. The number of carbonyl (C=O) groups is 1. The molecule has 0 unspecified atom stereocenters. The molecule has 1 amide bonds. The van der Waals surface area contributed by atoms with Gasteiger partial charge in [-0.25, -0.2) is 0 Å². The lowest BCUT2D eigenvalue weighted by Gasteiger charge is -2.39. The molecule has 2 atom stereocenters. The molecule has 0 radical (unpaired) electrons. The van der Waals surface area contributed by atoms with Crippen LogP contribution in [-0.4, -0.2) is 35.0 Å². The van der Waals surface area contributed by atoms with Crippen LogP contribution in [0.15, 0.2) is 48.8 Å². The Morgan fingerprint density at radius 3 is 2.83 bits per heavy atom. The molecular formula is C19H22N2O2. The predicted octanol–water partition coefficient (Wildman–Crippen LogP) is 2.92. The van der Waals surface area contributed by atoms with Crippen molar-refractivity contribution < 1.29 is 9.53 Å². The molecule has 0 N–H and O–H groups in total. The van der Waals surface area contributed by atoms with Gasteiger partial charge in [0.2, 0.25) is 5.91 Å². The zero-order valence-corrected chi connectivity index (χ0v) is 13.6. The van der Waals surface area contributed by atoms with E-state index in [9.17, 15) is 4.79 Å². The number of aryl methyl sites for hydroxylation is 1. The maximum Gasteiger partial charge on any atom is 0.227 e. The Morgan fingerprint density at radius 1 is 1.30 bits per heavy atom. The summed E-state index contributed by atoms with van der Waals surface area (Å²) in [6.45, 7) is 5.18.